The smallest absolute Gasteiger partial charge is 0.254 e. The van der Waals surface area contributed by atoms with E-state index in [2.05, 4.69) is 10.6 Å². The molecule has 31 heavy (non-hydrogen) atoms. The van der Waals surface area contributed by atoms with Crippen LogP contribution in [-0.2, 0) is 9.59 Å². The highest BCUT2D eigenvalue weighted by molar-refractivity contribution is 6.09. The number of ether oxygens (including phenoxy) is 2. The van der Waals surface area contributed by atoms with Crippen molar-refractivity contribution >= 4 is 17.4 Å². The Labute approximate surface area is 178 Å². The highest BCUT2D eigenvalue weighted by Gasteiger charge is 2.39. The summed E-state index contributed by atoms with van der Waals surface area (Å²) in [4.78, 5) is 26.3. The van der Waals surface area contributed by atoms with Crippen LogP contribution in [0.3, 0.4) is 0 Å². The van der Waals surface area contributed by atoms with E-state index < -0.39 is 17.6 Å². The van der Waals surface area contributed by atoms with Crippen LogP contribution >= 0.6 is 0 Å². The summed E-state index contributed by atoms with van der Waals surface area (Å²) in [5.74, 6) is -0.341. The van der Waals surface area contributed by atoms with E-state index in [9.17, 15) is 14.0 Å². The summed E-state index contributed by atoms with van der Waals surface area (Å²) in [6, 6.07) is 11.5. The number of carbonyl (C=O) groups is 2. The predicted octanol–water partition coefficient (Wildman–Crippen LogP) is 4.16. The Morgan fingerprint density at radius 3 is 2.77 bits per heavy atom. The zero-order valence-corrected chi connectivity index (χ0v) is 17.0. The molecule has 158 valence electrons. The molecule has 7 heteroatoms. The molecule has 0 saturated heterocycles. The molecule has 0 fully saturated rings. The highest BCUT2D eigenvalue weighted by atomic mass is 19.1. The van der Waals surface area contributed by atoms with Crippen molar-refractivity contribution in [2.75, 3.05) is 12.1 Å². The topological polar surface area (TPSA) is 76.7 Å². The van der Waals surface area contributed by atoms with Gasteiger partial charge < -0.3 is 20.1 Å². The number of nitrogens with one attached hydrogen (secondary N) is 2. The normalized spacial score (nSPS) is 19.8. The van der Waals surface area contributed by atoms with Crippen LogP contribution in [0, 0.1) is 5.82 Å². The standard InChI is InChI=1S/C24H21FN2O4/c1-13-21(24(29)27-16-6-3-2-5-15(16)25)22(23-17(26-13)7-4-8-18(23)28)14-9-10-19-20(11-14)31-12-30-19/h2-3,5-6,9-11,22,26H,4,7-8,12H2,1H3,(H,27,29)/t22-/m0/s1. The molecule has 6 nitrogen and oxygen atoms in total. The van der Waals surface area contributed by atoms with Gasteiger partial charge in [-0.1, -0.05) is 18.2 Å². The van der Waals surface area contributed by atoms with Gasteiger partial charge in [-0.2, -0.15) is 0 Å². The Balaban J connectivity index is 1.60. The zero-order chi connectivity index (χ0) is 21.5. The second-order valence-electron chi connectivity index (χ2n) is 7.81. The van der Waals surface area contributed by atoms with Crippen LogP contribution in [0.4, 0.5) is 10.1 Å². The van der Waals surface area contributed by atoms with Crippen molar-refractivity contribution in [1.29, 1.82) is 0 Å². The SMILES string of the molecule is CC1=C(C(=O)Nc2ccccc2F)[C@H](c2ccc3c(c2)OCO3)C2=C(CCCC2=O)N1. The number of amides is 1. The van der Waals surface area contributed by atoms with Crippen molar-refractivity contribution in [1.82, 2.24) is 5.32 Å². The Morgan fingerprint density at radius 2 is 1.94 bits per heavy atom. The lowest BCUT2D eigenvalue weighted by Crippen LogP contribution is -2.35. The minimum atomic E-state index is -0.578. The van der Waals surface area contributed by atoms with E-state index in [1.54, 1.807) is 25.1 Å². The quantitative estimate of drug-likeness (QED) is 0.780. The number of carbonyl (C=O) groups excluding carboxylic acids is 2. The van der Waals surface area contributed by atoms with Gasteiger partial charge in [0.05, 0.1) is 5.69 Å². The van der Waals surface area contributed by atoms with Crippen molar-refractivity contribution in [3.05, 3.63) is 76.4 Å². The molecule has 2 aliphatic heterocycles. The minimum absolute atomic E-state index is 0.0140. The molecule has 2 N–H and O–H groups in total. The molecule has 5 rings (SSSR count). The number of anilines is 1. The Bertz CT molecular complexity index is 1170. The second-order valence-corrected chi connectivity index (χ2v) is 7.81. The van der Waals surface area contributed by atoms with Crippen LogP contribution in [-0.4, -0.2) is 18.5 Å². The molecule has 1 atom stereocenters. The van der Waals surface area contributed by atoms with Gasteiger partial charge in [0.25, 0.3) is 5.91 Å². The van der Waals surface area contributed by atoms with E-state index in [4.69, 9.17) is 9.47 Å². The highest BCUT2D eigenvalue weighted by Crippen LogP contribution is 2.45. The molecule has 0 spiro atoms. The van der Waals surface area contributed by atoms with Crippen molar-refractivity contribution in [2.24, 2.45) is 0 Å². The van der Waals surface area contributed by atoms with Crippen LogP contribution in [0.15, 0.2) is 65.0 Å². The number of benzene rings is 2. The number of allylic oxidation sites excluding steroid dienone is 3. The van der Waals surface area contributed by atoms with Crippen LogP contribution in [0.5, 0.6) is 11.5 Å². The molecular weight excluding hydrogens is 399 g/mol. The van der Waals surface area contributed by atoms with Crippen molar-refractivity contribution < 1.29 is 23.5 Å². The molecule has 0 aromatic heterocycles. The summed E-state index contributed by atoms with van der Waals surface area (Å²) in [5, 5.41) is 5.93. The third-order valence-corrected chi connectivity index (χ3v) is 5.87. The van der Waals surface area contributed by atoms with E-state index in [0.717, 1.165) is 24.1 Å². The van der Waals surface area contributed by atoms with Gasteiger partial charge in [0.15, 0.2) is 17.3 Å². The van der Waals surface area contributed by atoms with Crippen molar-refractivity contribution in [2.45, 2.75) is 32.1 Å². The van der Waals surface area contributed by atoms with E-state index >= 15 is 0 Å². The third kappa shape index (κ3) is 3.36. The predicted molar refractivity (Wildman–Crippen MR) is 112 cm³/mol. The van der Waals surface area contributed by atoms with Crippen LogP contribution in [0.1, 0.15) is 37.7 Å². The first-order chi connectivity index (χ1) is 15.0. The number of fused-ring (bicyclic) bond motifs is 1. The van der Waals surface area contributed by atoms with E-state index in [0.29, 0.717) is 34.8 Å². The molecule has 2 heterocycles. The maximum absolute atomic E-state index is 14.2. The molecular formula is C24H21FN2O4. The molecule has 0 unspecified atom stereocenters. The van der Waals surface area contributed by atoms with Gasteiger partial charge in [0.2, 0.25) is 6.79 Å². The molecule has 1 amide bonds. The number of hydrogen-bond acceptors (Lipinski definition) is 5. The lowest BCUT2D eigenvalue weighted by molar-refractivity contribution is -0.116. The Morgan fingerprint density at radius 1 is 1.13 bits per heavy atom. The number of ketones is 1. The number of dihydropyridines is 1. The van der Waals surface area contributed by atoms with E-state index in [-0.39, 0.29) is 18.3 Å². The average molecular weight is 420 g/mol. The number of rotatable bonds is 3. The monoisotopic (exact) mass is 420 g/mol. The Hall–Kier alpha value is -3.61. The van der Waals surface area contributed by atoms with Crippen LogP contribution < -0.4 is 20.1 Å². The van der Waals surface area contributed by atoms with Gasteiger partial charge in [-0.25, -0.2) is 4.39 Å². The maximum atomic E-state index is 14.2. The number of Topliss-reactive ketones (excluding diaryl/α,β-unsaturated/α-hetero) is 1. The van der Waals surface area contributed by atoms with Gasteiger partial charge in [-0.15, -0.1) is 0 Å². The van der Waals surface area contributed by atoms with Gasteiger partial charge in [0.1, 0.15) is 5.82 Å². The molecule has 2 aromatic rings. The first-order valence-electron chi connectivity index (χ1n) is 10.2. The largest absolute Gasteiger partial charge is 0.454 e. The van der Waals surface area contributed by atoms with Gasteiger partial charge in [-0.3, -0.25) is 9.59 Å². The van der Waals surface area contributed by atoms with Gasteiger partial charge >= 0.3 is 0 Å². The molecule has 0 saturated carbocycles. The molecule has 0 radical (unpaired) electrons. The average Bonchev–Trinajstić information content (AvgIpc) is 3.22. The number of para-hydroxylation sites is 1. The van der Waals surface area contributed by atoms with Crippen molar-refractivity contribution in [3.8, 4) is 11.5 Å². The van der Waals surface area contributed by atoms with Crippen molar-refractivity contribution in [3.63, 3.8) is 0 Å². The minimum Gasteiger partial charge on any atom is -0.454 e. The third-order valence-electron chi connectivity index (χ3n) is 5.87. The first kappa shape index (κ1) is 19.4. The Kier molecular flexibility index (Phi) is 4.73. The summed E-state index contributed by atoms with van der Waals surface area (Å²) in [5.41, 5.74) is 3.31. The molecule has 3 aliphatic rings. The fraction of sp³-hybridized carbons (Fsp3) is 0.250. The summed E-state index contributed by atoms with van der Waals surface area (Å²) in [7, 11) is 0. The molecule has 2 aromatic carbocycles. The zero-order valence-electron chi connectivity index (χ0n) is 17.0. The van der Waals surface area contributed by atoms with Crippen LogP contribution in [0.2, 0.25) is 0 Å². The number of hydrogen-bond donors (Lipinski definition) is 2. The first-order valence-corrected chi connectivity index (χ1v) is 10.2. The summed E-state index contributed by atoms with van der Waals surface area (Å²) < 4.78 is 25.1. The fourth-order valence-electron chi connectivity index (χ4n) is 4.46. The number of halogens is 1. The summed E-state index contributed by atoms with van der Waals surface area (Å²) >= 11 is 0. The molecule has 1 aliphatic carbocycles. The van der Waals surface area contributed by atoms with Crippen LogP contribution in [0.25, 0.3) is 0 Å². The van der Waals surface area contributed by atoms with Gasteiger partial charge in [0, 0.05) is 34.9 Å². The van der Waals surface area contributed by atoms with E-state index in [1.165, 1.54) is 12.1 Å². The summed E-state index contributed by atoms with van der Waals surface area (Å²) in [6.45, 7) is 1.94. The lowest BCUT2D eigenvalue weighted by Gasteiger charge is -2.34. The molecule has 0 bridgehead atoms. The lowest BCUT2D eigenvalue weighted by atomic mass is 9.75. The van der Waals surface area contributed by atoms with Gasteiger partial charge in [-0.05, 0) is 49.6 Å². The summed E-state index contributed by atoms with van der Waals surface area (Å²) in [6.07, 6.45) is 1.94. The second kappa shape index (κ2) is 7.58. The fourth-order valence-corrected chi connectivity index (χ4v) is 4.46. The maximum Gasteiger partial charge on any atom is 0.254 e. The van der Waals surface area contributed by atoms with E-state index in [1.807, 2.05) is 12.1 Å².